The number of ketones is 1. The van der Waals surface area contributed by atoms with Crippen LogP contribution < -0.4 is 5.73 Å². The van der Waals surface area contributed by atoms with Crippen LogP contribution in [0.2, 0.25) is 0 Å². The zero-order valence-corrected chi connectivity index (χ0v) is 13.9. The minimum atomic E-state index is -4.37. The van der Waals surface area contributed by atoms with E-state index in [1.165, 1.54) is 17.7 Å². The fraction of sp³-hybridized carbons (Fsp3) is 0.350. The number of alkyl halides is 3. The predicted molar refractivity (Wildman–Crippen MR) is 90.0 cm³/mol. The van der Waals surface area contributed by atoms with Crippen molar-refractivity contribution in [3.05, 3.63) is 70.8 Å². The Morgan fingerprint density at radius 2 is 1.80 bits per heavy atom. The third-order valence-electron chi connectivity index (χ3n) is 5.09. The maximum absolute atomic E-state index is 12.6. The van der Waals surface area contributed by atoms with E-state index in [1.807, 2.05) is 24.3 Å². The van der Waals surface area contributed by atoms with Crippen molar-refractivity contribution in [2.45, 2.75) is 37.9 Å². The van der Waals surface area contributed by atoms with Crippen molar-refractivity contribution < 1.29 is 18.0 Å². The number of fused-ring (bicyclic) bond motifs is 1. The highest BCUT2D eigenvalue weighted by Crippen LogP contribution is 2.37. The number of benzene rings is 2. The molecule has 25 heavy (non-hydrogen) atoms. The van der Waals surface area contributed by atoms with Crippen LogP contribution in [0.25, 0.3) is 0 Å². The second-order valence-electron chi connectivity index (χ2n) is 6.70. The summed E-state index contributed by atoms with van der Waals surface area (Å²) in [4.78, 5) is 12.6. The van der Waals surface area contributed by atoms with Crippen molar-refractivity contribution in [3.8, 4) is 0 Å². The Kier molecular flexibility index (Phi) is 4.69. The van der Waals surface area contributed by atoms with E-state index in [9.17, 15) is 18.0 Å². The summed E-state index contributed by atoms with van der Waals surface area (Å²) < 4.78 is 37.9. The van der Waals surface area contributed by atoms with Gasteiger partial charge in [0, 0.05) is 18.4 Å². The summed E-state index contributed by atoms with van der Waals surface area (Å²) in [6.07, 6.45) is -3.27. The Morgan fingerprint density at radius 3 is 2.40 bits per heavy atom. The van der Waals surface area contributed by atoms with E-state index in [-0.39, 0.29) is 17.7 Å². The zero-order valence-electron chi connectivity index (χ0n) is 13.9. The lowest BCUT2D eigenvalue weighted by atomic mass is 9.87. The first-order valence-electron chi connectivity index (χ1n) is 8.30. The van der Waals surface area contributed by atoms with E-state index in [0.717, 1.165) is 24.1 Å². The lowest BCUT2D eigenvalue weighted by Crippen LogP contribution is -2.22. The van der Waals surface area contributed by atoms with Gasteiger partial charge in [0.1, 0.15) is 5.78 Å². The fourth-order valence-electron chi connectivity index (χ4n) is 3.49. The third kappa shape index (κ3) is 3.61. The highest BCUT2D eigenvalue weighted by molar-refractivity contribution is 5.85. The fourth-order valence-corrected chi connectivity index (χ4v) is 3.49. The van der Waals surface area contributed by atoms with Crippen molar-refractivity contribution in [2.24, 2.45) is 11.7 Å². The summed E-state index contributed by atoms with van der Waals surface area (Å²) in [6.45, 7) is 1.73. The molecule has 0 saturated carbocycles. The van der Waals surface area contributed by atoms with Gasteiger partial charge in [-0.05, 0) is 41.2 Å². The van der Waals surface area contributed by atoms with Crippen LogP contribution in [0.4, 0.5) is 13.2 Å². The number of hydrogen-bond acceptors (Lipinski definition) is 2. The van der Waals surface area contributed by atoms with E-state index in [4.69, 9.17) is 5.73 Å². The van der Waals surface area contributed by atoms with Crippen molar-refractivity contribution in [2.75, 3.05) is 0 Å². The van der Waals surface area contributed by atoms with E-state index in [0.29, 0.717) is 12.0 Å². The molecular formula is C20H20F3NO. The van der Waals surface area contributed by atoms with Crippen LogP contribution in [0.15, 0.2) is 48.5 Å². The first-order valence-corrected chi connectivity index (χ1v) is 8.30. The first kappa shape index (κ1) is 17.7. The molecule has 5 heteroatoms. The topological polar surface area (TPSA) is 43.1 Å². The van der Waals surface area contributed by atoms with Crippen LogP contribution in [0.1, 0.15) is 47.6 Å². The summed E-state index contributed by atoms with van der Waals surface area (Å²) >= 11 is 0. The summed E-state index contributed by atoms with van der Waals surface area (Å²) in [5, 5.41) is 0. The van der Waals surface area contributed by atoms with Gasteiger partial charge < -0.3 is 5.73 Å². The van der Waals surface area contributed by atoms with Crippen LogP contribution in [0.5, 0.6) is 0 Å². The molecule has 0 aromatic heterocycles. The van der Waals surface area contributed by atoms with Gasteiger partial charge in [-0.25, -0.2) is 0 Å². The van der Waals surface area contributed by atoms with E-state index < -0.39 is 17.7 Å². The number of nitrogens with two attached hydrogens (primary N) is 1. The van der Waals surface area contributed by atoms with Crippen LogP contribution in [-0.2, 0) is 17.4 Å². The minimum absolute atomic E-state index is 0.00742. The van der Waals surface area contributed by atoms with E-state index in [1.54, 1.807) is 6.92 Å². The highest BCUT2D eigenvalue weighted by atomic mass is 19.4. The highest BCUT2D eigenvalue weighted by Gasteiger charge is 2.33. The predicted octanol–water partition coefficient (Wildman–Crippen LogP) is 4.64. The standard InChI is InChI=1S/C20H20F3NO/c1-12(13-6-8-16(9-7-13)20(21,22)23)18(25)11-15-10-14-4-2-3-5-17(14)19(15)24/h2-9,12,15,19H,10-11,24H2,1H3/t12?,15-,19-/m1/s1. The molecule has 2 nitrogen and oxygen atoms in total. The molecule has 1 unspecified atom stereocenters. The first-order chi connectivity index (χ1) is 11.8. The SMILES string of the molecule is CC(C(=O)C[C@H]1Cc2ccccc2[C@@H]1N)c1ccc(C(F)(F)F)cc1. The normalized spacial score (nSPS) is 21.0. The number of Topliss-reactive ketones (excluding diaryl/α,β-unsaturated/α-hetero) is 1. The summed E-state index contributed by atoms with van der Waals surface area (Å²) in [5.41, 5.74) is 8.42. The quantitative estimate of drug-likeness (QED) is 0.875. The Morgan fingerprint density at radius 1 is 1.16 bits per heavy atom. The molecule has 0 fully saturated rings. The van der Waals surface area contributed by atoms with Gasteiger partial charge in [0.25, 0.3) is 0 Å². The second-order valence-corrected chi connectivity index (χ2v) is 6.70. The molecule has 0 spiro atoms. The van der Waals surface area contributed by atoms with Gasteiger partial charge in [0.2, 0.25) is 0 Å². The molecule has 0 aliphatic heterocycles. The van der Waals surface area contributed by atoms with Gasteiger partial charge in [-0.1, -0.05) is 43.3 Å². The van der Waals surface area contributed by atoms with Crippen LogP contribution in [-0.4, -0.2) is 5.78 Å². The van der Waals surface area contributed by atoms with Crippen molar-refractivity contribution in [1.29, 1.82) is 0 Å². The number of rotatable bonds is 4. The maximum Gasteiger partial charge on any atom is 0.416 e. The third-order valence-corrected chi connectivity index (χ3v) is 5.09. The molecule has 2 aromatic rings. The number of carbonyl (C=O) groups is 1. The maximum atomic E-state index is 12.6. The lowest BCUT2D eigenvalue weighted by Gasteiger charge is -2.18. The van der Waals surface area contributed by atoms with E-state index in [2.05, 4.69) is 0 Å². The van der Waals surface area contributed by atoms with Gasteiger partial charge in [-0.15, -0.1) is 0 Å². The van der Waals surface area contributed by atoms with Crippen molar-refractivity contribution in [1.82, 2.24) is 0 Å². The average molecular weight is 347 g/mol. The molecule has 0 bridgehead atoms. The lowest BCUT2D eigenvalue weighted by molar-refractivity contribution is -0.137. The molecule has 3 rings (SSSR count). The average Bonchev–Trinajstić information content (AvgIpc) is 2.90. The number of carbonyl (C=O) groups excluding carboxylic acids is 1. The molecule has 0 saturated heterocycles. The van der Waals surface area contributed by atoms with E-state index >= 15 is 0 Å². The molecule has 1 aliphatic rings. The Hall–Kier alpha value is -2.14. The van der Waals surface area contributed by atoms with Crippen molar-refractivity contribution >= 4 is 5.78 Å². The minimum Gasteiger partial charge on any atom is -0.324 e. The van der Waals surface area contributed by atoms with Gasteiger partial charge in [-0.2, -0.15) is 13.2 Å². The molecule has 1 aliphatic carbocycles. The second kappa shape index (κ2) is 6.64. The summed E-state index contributed by atoms with van der Waals surface area (Å²) in [6, 6.07) is 12.6. The van der Waals surface area contributed by atoms with Crippen LogP contribution in [0.3, 0.4) is 0 Å². The summed E-state index contributed by atoms with van der Waals surface area (Å²) in [7, 11) is 0. The number of halogens is 3. The van der Waals surface area contributed by atoms with Gasteiger partial charge in [-0.3, -0.25) is 4.79 Å². The van der Waals surface area contributed by atoms with Crippen LogP contribution >= 0.6 is 0 Å². The molecular weight excluding hydrogens is 327 g/mol. The molecule has 0 amide bonds. The molecule has 132 valence electrons. The molecule has 0 radical (unpaired) electrons. The Bertz CT molecular complexity index is 767. The van der Waals surface area contributed by atoms with Gasteiger partial charge in [0.15, 0.2) is 0 Å². The number of hydrogen-bond donors (Lipinski definition) is 1. The largest absolute Gasteiger partial charge is 0.416 e. The molecule has 3 atom stereocenters. The van der Waals surface area contributed by atoms with Crippen LogP contribution in [0, 0.1) is 5.92 Å². The monoisotopic (exact) mass is 347 g/mol. The Labute approximate surface area is 144 Å². The molecule has 2 N–H and O–H groups in total. The summed E-state index contributed by atoms with van der Waals surface area (Å²) in [5.74, 6) is -0.395. The Balaban J connectivity index is 1.68. The molecule has 2 aromatic carbocycles. The smallest absolute Gasteiger partial charge is 0.324 e. The van der Waals surface area contributed by atoms with Crippen molar-refractivity contribution in [3.63, 3.8) is 0 Å². The van der Waals surface area contributed by atoms with Gasteiger partial charge in [0.05, 0.1) is 5.56 Å². The zero-order chi connectivity index (χ0) is 18.2. The van der Waals surface area contributed by atoms with Gasteiger partial charge >= 0.3 is 6.18 Å². The molecule has 0 heterocycles.